The zero-order chi connectivity index (χ0) is 60.3. The van der Waals surface area contributed by atoms with Gasteiger partial charge in [-0.25, -0.2) is 0 Å². The predicted molar refractivity (Wildman–Crippen MR) is 347 cm³/mol. The fourth-order valence-corrected chi connectivity index (χ4v) is 11.3. The van der Waals surface area contributed by atoms with E-state index in [0.29, 0.717) is 19.3 Å². The molecule has 1 saturated heterocycles. The first-order valence-corrected chi connectivity index (χ1v) is 35.8. The fraction of sp³-hybridized carbons (Fsp3) is 0.889. The van der Waals surface area contributed by atoms with Crippen LogP contribution in [0, 0.1) is 0 Å². The van der Waals surface area contributed by atoms with Gasteiger partial charge >= 0.3 is 5.97 Å². The summed E-state index contributed by atoms with van der Waals surface area (Å²) < 4.78 is 17.7. The van der Waals surface area contributed by atoms with Crippen LogP contribution in [0.3, 0.4) is 0 Å². The molecule has 0 aliphatic carbocycles. The van der Waals surface area contributed by atoms with Crippen molar-refractivity contribution in [1.29, 1.82) is 0 Å². The van der Waals surface area contributed by atoms with E-state index in [1.54, 1.807) is 6.08 Å². The van der Waals surface area contributed by atoms with E-state index in [9.17, 15) is 35.1 Å². The summed E-state index contributed by atoms with van der Waals surface area (Å²) in [5, 5.41) is 57.2. The second-order valence-corrected chi connectivity index (χ2v) is 25.0. The number of unbranched alkanes of at least 4 members (excludes halogenated alkanes) is 44. The zero-order valence-corrected chi connectivity index (χ0v) is 54.3. The molecule has 0 spiro atoms. The highest BCUT2D eigenvalue weighted by Crippen LogP contribution is 2.26. The van der Waals surface area contributed by atoms with Crippen molar-refractivity contribution in [2.45, 2.75) is 397 Å². The molecule has 0 aromatic carbocycles. The molecule has 1 heterocycles. The van der Waals surface area contributed by atoms with Gasteiger partial charge in [0.15, 0.2) is 12.4 Å². The highest BCUT2D eigenvalue weighted by Gasteiger charge is 2.47. The van der Waals surface area contributed by atoms with E-state index in [0.717, 1.165) is 57.8 Å². The molecule has 1 aliphatic rings. The van der Waals surface area contributed by atoms with Crippen molar-refractivity contribution < 1.29 is 49.3 Å². The van der Waals surface area contributed by atoms with Crippen LogP contribution in [0.5, 0.6) is 0 Å². The molecule has 11 heteroatoms. The Bertz CT molecular complexity index is 1490. The third-order valence-electron chi connectivity index (χ3n) is 17.0. The van der Waals surface area contributed by atoms with E-state index in [2.05, 4.69) is 50.4 Å². The lowest BCUT2D eigenvalue weighted by atomic mass is 9.99. The first-order chi connectivity index (χ1) is 40.7. The van der Waals surface area contributed by atoms with Crippen LogP contribution in [0.4, 0.5) is 0 Å². The Balaban J connectivity index is 2.54. The number of hydrogen-bond acceptors (Lipinski definition) is 10. The lowest BCUT2D eigenvalue weighted by molar-refractivity contribution is -0.305. The van der Waals surface area contributed by atoms with Crippen molar-refractivity contribution in [2.24, 2.45) is 0 Å². The first kappa shape index (κ1) is 78.9. The highest BCUT2D eigenvalue weighted by molar-refractivity contribution is 5.80. The van der Waals surface area contributed by atoms with Gasteiger partial charge in [-0.15, -0.1) is 0 Å². The molecule has 0 radical (unpaired) electrons. The molecule has 1 aliphatic heterocycles. The number of carbonyl (C=O) groups excluding carboxylic acids is 2. The van der Waals surface area contributed by atoms with Crippen LogP contribution in [-0.4, -0.2) is 99.6 Å². The Kier molecular flexibility index (Phi) is 57.2. The molecular formula is C72H135NO10. The molecule has 6 N–H and O–H groups in total. The average molecular weight is 1170 g/mol. The van der Waals surface area contributed by atoms with Crippen molar-refractivity contribution in [1.82, 2.24) is 5.32 Å². The average Bonchev–Trinajstić information content (AvgIpc) is 3.52. The van der Waals surface area contributed by atoms with E-state index in [-0.39, 0.29) is 13.0 Å². The summed E-state index contributed by atoms with van der Waals surface area (Å²) in [5.74, 6) is -1.18. The van der Waals surface area contributed by atoms with Gasteiger partial charge in [0, 0.05) is 6.42 Å². The third kappa shape index (κ3) is 47.6. The highest BCUT2D eigenvalue weighted by atomic mass is 16.7. The fourth-order valence-electron chi connectivity index (χ4n) is 11.3. The van der Waals surface area contributed by atoms with E-state index in [1.165, 1.54) is 244 Å². The Morgan fingerprint density at radius 3 is 1.17 bits per heavy atom. The molecule has 1 rings (SSSR count). The Hall–Kier alpha value is -2.12. The minimum atomic E-state index is -1.61. The maximum atomic E-state index is 13.5. The number of amides is 1. The van der Waals surface area contributed by atoms with Gasteiger partial charge in [-0.2, -0.15) is 0 Å². The maximum absolute atomic E-state index is 13.5. The number of ether oxygens (including phenoxy) is 3. The van der Waals surface area contributed by atoms with Crippen molar-refractivity contribution in [3.63, 3.8) is 0 Å². The van der Waals surface area contributed by atoms with Crippen LogP contribution in [0.1, 0.15) is 348 Å². The van der Waals surface area contributed by atoms with Gasteiger partial charge in [0.05, 0.1) is 25.4 Å². The van der Waals surface area contributed by atoms with Crippen molar-refractivity contribution >= 4 is 11.9 Å². The zero-order valence-electron chi connectivity index (χ0n) is 54.3. The number of carbonyl (C=O) groups is 2. The van der Waals surface area contributed by atoms with Gasteiger partial charge in [-0.3, -0.25) is 9.59 Å². The number of esters is 1. The summed E-state index contributed by atoms with van der Waals surface area (Å²) in [6.45, 7) is 5.82. The quantitative estimate of drug-likeness (QED) is 0.0195. The van der Waals surface area contributed by atoms with Gasteiger partial charge in [-0.1, -0.05) is 301 Å². The molecular weight excluding hydrogens is 1040 g/mol. The summed E-state index contributed by atoms with van der Waals surface area (Å²) >= 11 is 0. The predicted octanol–water partition coefficient (Wildman–Crippen LogP) is 18.2. The van der Waals surface area contributed by atoms with Crippen LogP contribution in [0.15, 0.2) is 36.5 Å². The molecule has 8 unspecified atom stereocenters. The Labute approximate surface area is 511 Å². The second kappa shape index (κ2) is 60.2. The van der Waals surface area contributed by atoms with E-state index < -0.39 is 67.4 Å². The monoisotopic (exact) mass is 1170 g/mol. The molecule has 1 fully saturated rings. The molecule has 1 amide bonds. The molecule has 8 atom stereocenters. The van der Waals surface area contributed by atoms with E-state index in [1.807, 2.05) is 6.08 Å². The second-order valence-electron chi connectivity index (χ2n) is 25.0. The van der Waals surface area contributed by atoms with E-state index >= 15 is 0 Å². The molecule has 0 aromatic heterocycles. The summed E-state index contributed by atoms with van der Waals surface area (Å²) in [6, 6.07) is -1.02. The summed E-state index contributed by atoms with van der Waals surface area (Å²) in [5.41, 5.74) is 0. The number of nitrogens with one attached hydrogen (secondary N) is 1. The number of aliphatic hydroxyl groups excluding tert-OH is 5. The van der Waals surface area contributed by atoms with Gasteiger partial charge in [0.25, 0.3) is 0 Å². The van der Waals surface area contributed by atoms with Gasteiger partial charge < -0.3 is 45.1 Å². The molecule has 488 valence electrons. The van der Waals surface area contributed by atoms with Crippen LogP contribution in [0.25, 0.3) is 0 Å². The lowest BCUT2D eigenvalue weighted by Crippen LogP contribution is -2.61. The summed E-state index contributed by atoms with van der Waals surface area (Å²) in [4.78, 5) is 26.7. The topological polar surface area (TPSA) is 175 Å². The minimum absolute atomic E-state index is 0.124. The van der Waals surface area contributed by atoms with Crippen molar-refractivity contribution in [3.05, 3.63) is 36.5 Å². The Morgan fingerprint density at radius 1 is 0.458 bits per heavy atom. The third-order valence-corrected chi connectivity index (χ3v) is 17.0. The summed E-state index contributed by atoms with van der Waals surface area (Å²) in [6.07, 6.45) is 63.4. The van der Waals surface area contributed by atoms with Crippen molar-refractivity contribution in [2.75, 3.05) is 13.2 Å². The standard InChI is InChI=1S/C72H135NO10/c1-4-7-10-13-16-19-22-24-26-28-30-31-32-33-34-36-37-39-41-44-47-50-53-56-59-65(76)71(80)73-63(64(75)58-55-52-49-46-43-21-18-15-12-9-6-3)62-81-72-70(69(79)68(78)66(61-74)82-72)83-67(77)60-57-54-51-48-45-42-40-38-35-29-27-25-23-20-17-14-11-8-5-2/h24-27,55,58,63-66,68-70,72,74-76,78-79H,4-23,28-54,56-57,59-62H2,1-3H3,(H,73,80)/b26-24+,27-25+,58-55+. The number of rotatable bonds is 62. The largest absolute Gasteiger partial charge is 0.454 e. The normalized spacial score (nSPS) is 18.7. The van der Waals surface area contributed by atoms with Crippen molar-refractivity contribution in [3.8, 4) is 0 Å². The molecule has 0 saturated carbocycles. The Morgan fingerprint density at radius 2 is 0.795 bits per heavy atom. The SMILES string of the molecule is CCCCCCCC/C=C/CCCCCCCCCCCCCCCCC(O)C(=O)NC(COC1OC(CO)C(O)C(O)C1OC(=O)CCCCCCCCCCC/C=C/CCCCCCCC)C(O)/C=C/CCCCCCCCCCC. The number of aliphatic hydroxyl groups is 5. The molecule has 11 nitrogen and oxygen atoms in total. The maximum Gasteiger partial charge on any atom is 0.306 e. The minimum Gasteiger partial charge on any atom is -0.454 e. The van der Waals surface area contributed by atoms with Gasteiger partial charge in [-0.05, 0) is 77.0 Å². The van der Waals surface area contributed by atoms with Gasteiger partial charge in [0.1, 0.15) is 24.4 Å². The molecule has 0 aromatic rings. The molecule has 0 bridgehead atoms. The number of allylic oxidation sites excluding steroid dienone is 5. The van der Waals surface area contributed by atoms with E-state index in [4.69, 9.17) is 14.2 Å². The van der Waals surface area contributed by atoms with Crippen LogP contribution in [-0.2, 0) is 23.8 Å². The number of hydrogen-bond donors (Lipinski definition) is 6. The van der Waals surface area contributed by atoms with Crippen LogP contribution < -0.4 is 5.32 Å². The van der Waals surface area contributed by atoms with Crippen LogP contribution >= 0.6 is 0 Å². The first-order valence-electron chi connectivity index (χ1n) is 35.8. The van der Waals surface area contributed by atoms with Crippen LogP contribution in [0.2, 0.25) is 0 Å². The summed E-state index contributed by atoms with van der Waals surface area (Å²) in [7, 11) is 0. The van der Waals surface area contributed by atoms with Gasteiger partial charge in [0.2, 0.25) is 5.91 Å². The lowest BCUT2D eigenvalue weighted by Gasteiger charge is -2.41. The smallest absolute Gasteiger partial charge is 0.306 e. The molecule has 83 heavy (non-hydrogen) atoms.